The molecule has 0 unspecified atom stereocenters. The molecule has 3 aliphatic rings. The van der Waals surface area contributed by atoms with Gasteiger partial charge in [0.1, 0.15) is 11.9 Å². The van der Waals surface area contributed by atoms with Gasteiger partial charge >= 0.3 is 5.97 Å². The highest BCUT2D eigenvalue weighted by Gasteiger charge is 2.42. The maximum absolute atomic E-state index is 13.9. The molecule has 5 rings (SSSR count). The largest absolute Gasteiger partial charge is 0.497 e. The smallest absolute Gasteiger partial charge is 0.337 e. The summed E-state index contributed by atoms with van der Waals surface area (Å²) in [5.41, 5.74) is 4.60. The number of hydrogen-bond acceptors (Lipinski definition) is 7. The number of ether oxygens (including phenoxy) is 4. The summed E-state index contributed by atoms with van der Waals surface area (Å²) in [6.45, 7) is 4.32. The molecule has 0 radical (unpaired) electrons. The zero-order valence-corrected chi connectivity index (χ0v) is 23.2. The quantitative estimate of drug-likeness (QED) is 0.422. The number of carbonyl (C=O) groups is 2. The number of carbonyl (C=O) groups excluding carboxylic acids is 2. The van der Waals surface area contributed by atoms with Crippen molar-refractivity contribution < 1.29 is 28.5 Å². The predicted octanol–water partition coefficient (Wildman–Crippen LogP) is 5.95. The van der Waals surface area contributed by atoms with E-state index in [1.54, 1.807) is 14.2 Å². The van der Waals surface area contributed by atoms with Gasteiger partial charge in [-0.3, -0.25) is 4.79 Å². The summed E-state index contributed by atoms with van der Waals surface area (Å²) in [7, 11) is 3.24. The van der Waals surface area contributed by atoms with Crippen LogP contribution in [0, 0.1) is 0 Å². The predicted molar refractivity (Wildman–Crippen MR) is 148 cm³/mol. The Hall–Kier alpha value is -3.74. The number of dihydropyridines is 1. The number of ketones is 1. The summed E-state index contributed by atoms with van der Waals surface area (Å²) < 4.78 is 22.7. The van der Waals surface area contributed by atoms with E-state index in [2.05, 4.69) is 5.32 Å². The summed E-state index contributed by atoms with van der Waals surface area (Å²) in [6, 6.07) is 13.5. The molecule has 2 atom stereocenters. The van der Waals surface area contributed by atoms with E-state index >= 15 is 0 Å². The fourth-order valence-corrected chi connectivity index (χ4v) is 6.11. The molecule has 0 bridgehead atoms. The average molecular weight is 532 g/mol. The first-order valence-corrected chi connectivity index (χ1v) is 13.8. The molecule has 0 amide bonds. The number of Topliss-reactive ketones (excluding diaryl/α,β-unsaturated/α-hetero) is 1. The SMILES string of the molecule is CCOc1ccc([C@H]2C(C(=O)OC3CCCC3)=C(C)NC3=C2C(=O)C[C@H](c2ccc(OC)cc2)C3)cc1OC. The van der Waals surface area contributed by atoms with Crippen molar-refractivity contribution in [3.63, 3.8) is 0 Å². The fraction of sp³-hybridized carbons (Fsp3) is 0.438. The van der Waals surface area contributed by atoms with Gasteiger partial charge in [-0.25, -0.2) is 4.79 Å². The molecule has 1 saturated carbocycles. The van der Waals surface area contributed by atoms with Gasteiger partial charge in [-0.15, -0.1) is 0 Å². The van der Waals surface area contributed by atoms with Gasteiger partial charge in [0, 0.05) is 29.3 Å². The number of esters is 1. The normalized spacial score (nSPS) is 21.4. The van der Waals surface area contributed by atoms with Crippen LogP contribution in [-0.2, 0) is 14.3 Å². The Balaban J connectivity index is 1.55. The van der Waals surface area contributed by atoms with Crippen LogP contribution in [0.2, 0.25) is 0 Å². The molecule has 1 aliphatic heterocycles. The first-order valence-electron chi connectivity index (χ1n) is 13.8. The van der Waals surface area contributed by atoms with Crippen molar-refractivity contribution in [3.05, 3.63) is 76.1 Å². The molecule has 1 fully saturated rings. The van der Waals surface area contributed by atoms with Crippen molar-refractivity contribution in [2.24, 2.45) is 0 Å². The molecule has 0 aromatic heterocycles. The zero-order chi connectivity index (χ0) is 27.5. The lowest BCUT2D eigenvalue weighted by molar-refractivity contribution is -0.144. The second-order valence-corrected chi connectivity index (χ2v) is 10.4. The highest BCUT2D eigenvalue weighted by atomic mass is 16.5. The van der Waals surface area contributed by atoms with E-state index in [-0.39, 0.29) is 23.8 Å². The van der Waals surface area contributed by atoms with E-state index in [0.29, 0.717) is 42.1 Å². The molecule has 2 aliphatic carbocycles. The van der Waals surface area contributed by atoms with E-state index in [4.69, 9.17) is 18.9 Å². The van der Waals surface area contributed by atoms with Crippen molar-refractivity contribution in [3.8, 4) is 17.2 Å². The number of benzene rings is 2. The van der Waals surface area contributed by atoms with Crippen molar-refractivity contribution in [2.45, 2.75) is 70.3 Å². The highest BCUT2D eigenvalue weighted by molar-refractivity contribution is 6.04. The van der Waals surface area contributed by atoms with Gasteiger partial charge in [0.25, 0.3) is 0 Å². The van der Waals surface area contributed by atoms with Crippen LogP contribution in [0.4, 0.5) is 0 Å². The zero-order valence-electron chi connectivity index (χ0n) is 23.2. The second kappa shape index (κ2) is 11.6. The third-order valence-electron chi connectivity index (χ3n) is 8.03. The Labute approximate surface area is 230 Å². The van der Waals surface area contributed by atoms with Crippen LogP contribution in [0.1, 0.15) is 75.3 Å². The van der Waals surface area contributed by atoms with Crippen molar-refractivity contribution in [1.29, 1.82) is 0 Å². The lowest BCUT2D eigenvalue weighted by Crippen LogP contribution is -2.36. The topological polar surface area (TPSA) is 83.1 Å². The van der Waals surface area contributed by atoms with Gasteiger partial charge in [-0.1, -0.05) is 18.2 Å². The molecule has 2 aromatic rings. The Morgan fingerprint density at radius 3 is 2.33 bits per heavy atom. The van der Waals surface area contributed by atoms with E-state index in [1.807, 2.05) is 56.3 Å². The summed E-state index contributed by atoms with van der Waals surface area (Å²) in [5, 5.41) is 3.44. The Morgan fingerprint density at radius 2 is 1.67 bits per heavy atom. The minimum atomic E-state index is -0.552. The molecule has 0 saturated heterocycles. The van der Waals surface area contributed by atoms with Crippen LogP contribution < -0.4 is 19.5 Å². The minimum absolute atomic E-state index is 0.0288. The Morgan fingerprint density at radius 1 is 0.949 bits per heavy atom. The van der Waals surface area contributed by atoms with Crippen molar-refractivity contribution in [1.82, 2.24) is 5.32 Å². The van der Waals surface area contributed by atoms with Crippen molar-refractivity contribution >= 4 is 11.8 Å². The maximum atomic E-state index is 13.9. The van der Waals surface area contributed by atoms with Gasteiger partial charge in [-0.05, 0) is 87.3 Å². The lowest BCUT2D eigenvalue weighted by Gasteiger charge is -2.37. The van der Waals surface area contributed by atoms with Crippen LogP contribution in [-0.4, -0.2) is 38.7 Å². The van der Waals surface area contributed by atoms with Gasteiger partial charge in [0.2, 0.25) is 0 Å². The molecule has 39 heavy (non-hydrogen) atoms. The molecule has 7 heteroatoms. The minimum Gasteiger partial charge on any atom is -0.497 e. The summed E-state index contributed by atoms with van der Waals surface area (Å²) in [5.74, 6) is 1.12. The van der Waals surface area contributed by atoms with E-state index in [9.17, 15) is 9.59 Å². The van der Waals surface area contributed by atoms with Gasteiger partial charge in [0.15, 0.2) is 17.3 Å². The number of allylic oxidation sites excluding steroid dienone is 3. The molecule has 206 valence electrons. The van der Waals surface area contributed by atoms with E-state index in [0.717, 1.165) is 54.0 Å². The molecule has 2 aromatic carbocycles. The number of methoxy groups -OCH3 is 2. The average Bonchev–Trinajstić information content (AvgIpc) is 3.45. The Kier molecular flexibility index (Phi) is 7.96. The van der Waals surface area contributed by atoms with Crippen LogP contribution in [0.15, 0.2) is 65.0 Å². The summed E-state index contributed by atoms with van der Waals surface area (Å²) in [4.78, 5) is 27.6. The number of nitrogens with one attached hydrogen (secondary N) is 1. The molecule has 1 N–H and O–H groups in total. The molecular formula is C32H37NO6. The van der Waals surface area contributed by atoms with E-state index < -0.39 is 5.92 Å². The molecular weight excluding hydrogens is 494 g/mol. The molecule has 0 spiro atoms. The molecule has 1 heterocycles. The summed E-state index contributed by atoms with van der Waals surface area (Å²) in [6.07, 6.45) is 4.84. The number of rotatable bonds is 8. The second-order valence-electron chi connectivity index (χ2n) is 10.4. The lowest BCUT2D eigenvalue weighted by atomic mass is 9.71. The third kappa shape index (κ3) is 5.40. The van der Waals surface area contributed by atoms with Gasteiger partial charge in [-0.2, -0.15) is 0 Å². The van der Waals surface area contributed by atoms with Gasteiger partial charge < -0.3 is 24.3 Å². The van der Waals surface area contributed by atoms with Crippen LogP contribution in [0.25, 0.3) is 0 Å². The van der Waals surface area contributed by atoms with Crippen LogP contribution >= 0.6 is 0 Å². The monoisotopic (exact) mass is 531 g/mol. The molecule has 7 nitrogen and oxygen atoms in total. The van der Waals surface area contributed by atoms with Crippen LogP contribution in [0.5, 0.6) is 17.2 Å². The maximum Gasteiger partial charge on any atom is 0.337 e. The van der Waals surface area contributed by atoms with E-state index in [1.165, 1.54) is 0 Å². The fourth-order valence-electron chi connectivity index (χ4n) is 6.11. The van der Waals surface area contributed by atoms with Crippen LogP contribution in [0.3, 0.4) is 0 Å². The highest BCUT2D eigenvalue weighted by Crippen LogP contribution is 2.47. The Bertz CT molecular complexity index is 1300. The first kappa shape index (κ1) is 26.9. The third-order valence-corrected chi connectivity index (χ3v) is 8.03. The first-order chi connectivity index (χ1) is 18.9. The van der Waals surface area contributed by atoms with Crippen molar-refractivity contribution in [2.75, 3.05) is 20.8 Å². The number of hydrogen-bond donors (Lipinski definition) is 1. The summed E-state index contributed by atoms with van der Waals surface area (Å²) >= 11 is 0. The standard InChI is InChI=1S/C32H37NO6/c1-5-38-27-15-12-21(18-28(27)37-4)30-29(32(35)39-24-8-6-7-9-24)19(2)33-25-16-22(17-26(34)31(25)30)20-10-13-23(36-3)14-11-20/h10-15,18,22,24,30,33H,5-9,16-17H2,1-4H3/t22-,30+/m1/s1. The van der Waals surface area contributed by atoms with Gasteiger partial charge in [0.05, 0.1) is 26.4 Å².